The van der Waals surface area contributed by atoms with E-state index in [0.29, 0.717) is 17.9 Å². The molecular weight excluding hydrogens is 286 g/mol. The van der Waals surface area contributed by atoms with Crippen molar-refractivity contribution in [1.82, 2.24) is 14.5 Å². The van der Waals surface area contributed by atoms with E-state index in [-0.39, 0.29) is 0 Å². The molecule has 4 rings (SSSR count). The zero-order valence-electron chi connectivity index (χ0n) is 14.3. The lowest BCUT2D eigenvalue weighted by Crippen LogP contribution is -2.41. The van der Waals surface area contributed by atoms with Gasteiger partial charge in [-0.05, 0) is 49.9 Å². The number of carbonyl (C=O) groups excluding carboxylic acids is 1. The van der Waals surface area contributed by atoms with Crippen molar-refractivity contribution in [2.45, 2.75) is 64.3 Å². The third kappa shape index (κ3) is 2.92. The molecule has 3 fully saturated rings. The van der Waals surface area contributed by atoms with Crippen LogP contribution in [0.4, 0.5) is 0 Å². The highest BCUT2D eigenvalue weighted by Gasteiger charge is 2.41. The van der Waals surface area contributed by atoms with Gasteiger partial charge in [0.05, 0.1) is 6.04 Å². The maximum atomic E-state index is 12.8. The van der Waals surface area contributed by atoms with Crippen molar-refractivity contribution in [2.24, 2.45) is 17.8 Å². The van der Waals surface area contributed by atoms with Crippen LogP contribution in [0.3, 0.4) is 0 Å². The Hall–Kier alpha value is -1.32. The molecule has 0 radical (unpaired) electrons. The summed E-state index contributed by atoms with van der Waals surface area (Å²) in [6.07, 6.45) is 13.5. The summed E-state index contributed by atoms with van der Waals surface area (Å²) in [6, 6.07) is 0.421. The number of aryl methyl sites for hydroxylation is 1. The summed E-state index contributed by atoms with van der Waals surface area (Å²) in [6.45, 7) is 3.98. The molecule has 2 bridgehead atoms. The Balaban J connectivity index is 1.38. The molecule has 0 N–H and O–H groups in total. The van der Waals surface area contributed by atoms with E-state index in [4.69, 9.17) is 0 Å². The minimum Gasteiger partial charge on any atom is -0.341 e. The standard InChI is InChI=1S/C19H29N3O/c1-2-18-20-7-9-22(18)17-4-3-8-21(13-17)19(23)12-16-11-14-5-6-15(16)10-14/h7,9,14-17H,2-6,8,10-13H2,1H3/t14-,15-,16+,17+/m0/s1. The van der Waals surface area contributed by atoms with Crippen LogP contribution in [0.1, 0.15) is 63.7 Å². The zero-order chi connectivity index (χ0) is 15.8. The van der Waals surface area contributed by atoms with Crippen molar-refractivity contribution in [3.63, 3.8) is 0 Å². The highest BCUT2D eigenvalue weighted by molar-refractivity contribution is 5.76. The first-order chi connectivity index (χ1) is 11.2. The summed E-state index contributed by atoms with van der Waals surface area (Å²) in [7, 11) is 0. The van der Waals surface area contributed by atoms with E-state index in [9.17, 15) is 4.79 Å². The Morgan fingerprint density at radius 3 is 2.96 bits per heavy atom. The summed E-state index contributed by atoms with van der Waals surface area (Å²) >= 11 is 0. The number of piperidine rings is 1. The fourth-order valence-electron chi connectivity index (χ4n) is 5.34. The van der Waals surface area contributed by atoms with Gasteiger partial charge in [0.2, 0.25) is 5.91 Å². The van der Waals surface area contributed by atoms with Gasteiger partial charge in [0.15, 0.2) is 0 Å². The van der Waals surface area contributed by atoms with E-state index in [2.05, 4.69) is 27.6 Å². The van der Waals surface area contributed by atoms with E-state index in [1.54, 1.807) is 0 Å². The van der Waals surface area contributed by atoms with Crippen LogP contribution in [0.2, 0.25) is 0 Å². The van der Waals surface area contributed by atoms with Crippen LogP contribution in [-0.4, -0.2) is 33.4 Å². The number of aromatic nitrogens is 2. The van der Waals surface area contributed by atoms with Gasteiger partial charge in [-0.3, -0.25) is 4.79 Å². The minimum absolute atomic E-state index is 0.408. The molecule has 126 valence electrons. The number of nitrogens with zero attached hydrogens (tertiary/aromatic N) is 3. The molecule has 2 saturated carbocycles. The molecule has 1 amide bonds. The quantitative estimate of drug-likeness (QED) is 0.853. The van der Waals surface area contributed by atoms with Crippen molar-refractivity contribution in [1.29, 1.82) is 0 Å². The van der Waals surface area contributed by atoms with Gasteiger partial charge in [0, 0.05) is 38.3 Å². The van der Waals surface area contributed by atoms with E-state index >= 15 is 0 Å². The van der Waals surface area contributed by atoms with Crippen LogP contribution in [0, 0.1) is 17.8 Å². The summed E-state index contributed by atoms with van der Waals surface area (Å²) < 4.78 is 2.30. The molecule has 0 aromatic carbocycles. The first kappa shape index (κ1) is 15.2. The third-order valence-corrected chi connectivity index (χ3v) is 6.53. The number of fused-ring (bicyclic) bond motifs is 2. The van der Waals surface area contributed by atoms with E-state index in [1.165, 1.54) is 32.1 Å². The third-order valence-electron chi connectivity index (χ3n) is 6.53. The summed E-state index contributed by atoms with van der Waals surface area (Å²) in [5.74, 6) is 4.03. The van der Waals surface area contributed by atoms with Gasteiger partial charge in [-0.15, -0.1) is 0 Å². The molecule has 23 heavy (non-hydrogen) atoms. The van der Waals surface area contributed by atoms with Crippen LogP contribution < -0.4 is 0 Å². The van der Waals surface area contributed by atoms with Gasteiger partial charge in [0.25, 0.3) is 0 Å². The second kappa shape index (κ2) is 6.29. The predicted molar refractivity (Wildman–Crippen MR) is 90.0 cm³/mol. The van der Waals surface area contributed by atoms with E-state index in [1.807, 2.05) is 6.20 Å². The highest BCUT2D eigenvalue weighted by atomic mass is 16.2. The molecule has 1 aliphatic heterocycles. The fourth-order valence-corrected chi connectivity index (χ4v) is 5.34. The summed E-state index contributed by atoms with van der Waals surface area (Å²) in [4.78, 5) is 19.4. The molecule has 0 unspecified atom stereocenters. The van der Waals surface area contributed by atoms with Crippen LogP contribution in [0.5, 0.6) is 0 Å². The Morgan fingerprint density at radius 1 is 1.30 bits per heavy atom. The predicted octanol–water partition coefficient (Wildman–Crippen LogP) is 3.44. The van der Waals surface area contributed by atoms with E-state index in [0.717, 1.165) is 50.0 Å². The Labute approximate surface area is 139 Å². The summed E-state index contributed by atoms with van der Waals surface area (Å²) in [5, 5.41) is 0. The molecule has 0 spiro atoms. The van der Waals surface area contributed by atoms with Crippen molar-refractivity contribution >= 4 is 5.91 Å². The van der Waals surface area contributed by atoms with Crippen LogP contribution >= 0.6 is 0 Å². The van der Waals surface area contributed by atoms with Crippen LogP contribution in [-0.2, 0) is 11.2 Å². The topological polar surface area (TPSA) is 38.1 Å². The lowest BCUT2D eigenvalue weighted by molar-refractivity contribution is -0.134. The van der Waals surface area contributed by atoms with Gasteiger partial charge < -0.3 is 9.47 Å². The average molecular weight is 315 g/mol. The van der Waals surface area contributed by atoms with E-state index < -0.39 is 0 Å². The van der Waals surface area contributed by atoms with Gasteiger partial charge in [-0.25, -0.2) is 4.98 Å². The van der Waals surface area contributed by atoms with Gasteiger partial charge in [-0.1, -0.05) is 13.3 Å². The van der Waals surface area contributed by atoms with Crippen molar-refractivity contribution in [2.75, 3.05) is 13.1 Å². The number of hydrogen-bond donors (Lipinski definition) is 0. The Bertz CT molecular complexity index is 567. The Kier molecular flexibility index (Phi) is 4.16. The summed E-state index contributed by atoms with van der Waals surface area (Å²) in [5.41, 5.74) is 0. The Morgan fingerprint density at radius 2 is 2.22 bits per heavy atom. The largest absolute Gasteiger partial charge is 0.341 e. The zero-order valence-corrected chi connectivity index (χ0v) is 14.3. The normalized spacial score (nSPS) is 33.3. The maximum Gasteiger partial charge on any atom is 0.222 e. The molecule has 3 aliphatic rings. The van der Waals surface area contributed by atoms with Gasteiger partial charge >= 0.3 is 0 Å². The van der Waals surface area contributed by atoms with Crippen molar-refractivity contribution < 1.29 is 4.79 Å². The van der Waals surface area contributed by atoms with Gasteiger partial charge in [0.1, 0.15) is 5.82 Å². The number of carbonyl (C=O) groups is 1. The first-order valence-corrected chi connectivity index (χ1v) is 9.54. The molecule has 4 nitrogen and oxygen atoms in total. The number of likely N-dealkylation sites (tertiary alicyclic amines) is 1. The van der Waals surface area contributed by atoms with Crippen LogP contribution in [0.15, 0.2) is 12.4 Å². The number of imidazole rings is 1. The van der Waals surface area contributed by atoms with Gasteiger partial charge in [-0.2, -0.15) is 0 Å². The molecule has 2 aliphatic carbocycles. The monoisotopic (exact) mass is 315 g/mol. The molecule has 2 heterocycles. The number of hydrogen-bond acceptors (Lipinski definition) is 2. The number of amides is 1. The molecular formula is C19H29N3O. The molecule has 4 atom stereocenters. The second-order valence-corrected chi connectivity index (χ2v) is 7.88. The lowest BCUT2D eigenvalue weighted by atomic mass is 9.86. The van der Waals surface area contributed by atoms with Crippen molar-refractivity contribution in [3.05, 3.63) is 18.2 Å². The number of rotatable bonds is 4. The second-order valence-electron chi connectivity index (χ2n) is 7.88. The SMILES string of the molecule is CCc1nccn1[C@@H]1CCCN(C(=O)C[C@H]2C[C@H]3CC[C@H]2C3)C1. The molecule has 1 aromatic heterocycles. The molecule has 1 aromatic rings. The average Bonchev–Trinajstić information content (AvgIpc) is 3.31. The lowest BCUT2D eigenvalue weighted by Gasteiger charge is -2.35. The molecule has 4 heteroatoms. The smallest absolute Gasteiger partial charge is 0.222 e. The minimum atomic E-state index is 0.408. The van der Waals surface area contributed by atoms with Crippen molar-refractivity contribution in [3.8, 4) is 0 Å². The first-order valence-electron chi connectivity index (χ1n) is 9.54. The van der Waals surface area contributed by atoms with Crippen LogP contribution in [0.25, 0.3) is 0 Å². The molecule has 1 saturated heterocycles. The maximum absolute atomic E-state index is 12.8. The fraction of sp³-hybridized carbons (Fsp3) is 0.789. The highest BCUT2D eigenvalue weighted by Crippen LogP contribution is 2.49.